The van der Waals surface area contributed by atoms with Gasteiger partial charge in [-0.3, -0.25) is 10.1 Å². The maximum Gasteiger partial charge on any atom is 0.332 e. The molecule has 1 saturated heterocycles. The van der Waals surface area contributed by atoms with Crippen molar-refractivity contribution in [1.29, 1.82) is 0 Å². The molecule has 2 N–H and O–H groups in total. The molecule has 1 aliphatic heterocycles. The van der Waals surface area contributed by atoms with Crippen molar-refractivity contribution in [1.82, 2.24) is 9.36 Å². The van der Waals surface area contributed by atoms with Crippen LogP contribution in [0.1, 0.15) is 18.7 Å². The predicted octanol–water partition coefficient (Wildman–Crippen LogP) is 0.417. The number of aliphatic carboxylic acids is 1. The number of nitrogens with zero attached hydrogens (tertiary/aromatic N) is 2. The van der Waals surface area contributed by atoms with Crippen LogP contribution >= 0.6 is 11.5 Å². The van der Waals surface area contributed by atoms with Crippen molar-refractivity contribution < 1.29 is 19.4 Å². The summed E-state index contributed by atoms with van der Waals surface area (Å²) in [6, 6.07) is 0. The minimum atomic E-state index is -1.04. The van der Waals surface area contributed by atoms with E-state index in [1.165, 1.54) is 0 Å². The van der Waals surface area contributed by atoms with E-state index in [4.69, 9.17) is 9.84 Å². The Kier molecular flexibility index (Phi) is 3.34. The monoisotopic (exact) mass is 257 g/mol. The minimum Gasteiger partial charge on any atom is -0.479 e. The van der Waals surface area contributed by atoms with Gasteiger partial charge in [0.15, 0.2) is 6.10 Å². The van der Waals surface area contributed by atoms with Crippen LogP contribution in [-0.4, -0.2) is 38.5 Å². The second-order valence-electron chi connectivity index (χ2n) is 3.66. The molecule has 0 aromatic carbocycles. The molecule has 0 saturated carbocycles. The standard InChI is InChI=1S/C9H11N3O4S/c1-4-10-9(17-12-4)11-7(13)5-2-3-6(16-5)8(14)15/h5-6H,2-3H2,1H3,(H,14,15)(H,10,11,12,13)/t5-,6+/m0/s1. The highest BCUT2D eigenvalue weighted by Gasteiger charge is 2.34. The molecule has 1 aromatic rings. The van der Waals surface area contributed by atoms with Gasteiger partial charge in [0.05, 0.1) is 0 Å². The van der Waals surface area contributed by atoms with Gasteiger partial charge >= 0.3 is 5.97 Å². The molecule has 2 heterocycles. The van der Waals surface area contributed by atoms with Gasteiger partial charge in [-0.25, -0.2) is 9.78 Å². The molecule has 2 rings (SSSR count). The van der Waals surface area contributed by atoms with E-state index in [-0.39, 0.29) is 5.91 Å². The first-order valence-corrected chi connectivity index (χ1v) is 5.83. The van der Waals surface area contributed by atoms with Crippen LogP contribution < -0.4 is 5.32 Å². The quantitative estimate of drug-likeness (QED) is 0.813. The Labute approximate surface area is 101 Å². The van der Waals surface area contributed by atoms with E-state index in [2.05, 4.69) is 14.7 Å². The lowest BCUT2D eigenvalue weighted by molar-refractivity contribution is -0.150. The molecule has 8 heteroatoms. The fraction of sp³-hybridized carbons (Fsp3) is 0.556. The number of aromatic nitrogens is 2. The third-order valence-corrected chi connectivity index (χ3v) is 3.07. The van der Waals surface area contributed by atoms with Gasteiger partial charge in [-0.2, -0.15) is 4.37 Å². The lowest BCUT2D eigenvalue weighted by Crippen LogP contribution is -2.29. The average molecular weight is 257 g/mol. The third kappa shape index (κ3) is 2.77. The fourth-order valence-electron chi connectivity index (χ4n) is 1.55. The summed E-state index contributed by atoms with van der Waals surface area (Å²) in [5.74, 6) is -0.821. The molecule has 0 radical (unpaired) electrons. The lowest BCUT2D eigenvalue weighted by Gasteiger charge is -2.09. The van der Waals surface area contributed by atoms with Crippen molar-refractivity contribution in [2.45, 2.75) is 32.0 Å². The molecular weight excluding hydrogens is 246 g/mol. The molecule has 0 bridgehead atoms. The zero-order chi connectivity index (χ0) is 12.4. The smallest absolute Gasteiger partial charge is 0.332 e. The number of carbonyl (C=O) groups excluding carboxylic acids is 1. The highest BCUT2D eigenvalue weighted by Crippen LogP contribution is 2.21. The summed E-state index contributed by atoms with van der Waals surface area (Å²) in [6.45, 7) is 1.72. The van der Waals surface area contributed by atoms with E-state index in [1.807, 2.05) is 0 Å². The van der Waals surface area contributed by atoms with Crippen LogP contribution in [0.2, 0.25) is 0 Å². The summed E-state index contributed by atoms with van der Waals surface area (Å²) in [6.07, 6.45) is -0.856. The first kappa shape index (κ1) is 11.9. The van der Waals surface area contributed by atoms with Crippen LogP contribution in [0.3, 0.4) is 0 Å². The van der Waals surface area contributed by atoms with E-state index < -0.39 is 18.2 Å². The molecule has 0 aliphatic carbocycles. The summed E-state index contributed by atoms with van der Waals surface area (Å²) in [5.41, 5.74) is 0. The van der Waals surface area contributed by atoms with Gasteiger partial charge in [0, 0.05) is 11.5 Å². The number of hydrogen-bond donors (Lipinski definition) is 2. The van der Waals surface area contributed by atoms with Crippen molar-refractivity contribution in [3.05, 3.63) is 5.82 Å². The number of aryl methyl sites for hydroxylation is 1. The first-order valence-electron chi connectivity index (χ1n) is 5.05. The minimum absolute atomic E-state index is 0.350. The van der Waals surface area contributed by atoms with E-state index in [0.717, 1.165) is 11.5 Å². The zero-order valence-corrected chi connectivity index (χ0v) is 9.86. The normalized spacial score (nSPS) is 23.6. The largest absolute Gasteiger partial charge is 0.479 e. The van der Waals surface area contributed by atoms with Gasteiger partial charge in [0.1, 0.15) is 11.9 Å². The highest BCUT2D eigenvalue weighted by atomic mass is 32.1. The van der Waals surface area contributed by atoms with E-state index >= 15 is 0 Å². The summed E-state index contributed by atoms with van der Waals surface area (Å²) < 4.78 is 9.03. The molecule has 1 fully saturated rings. The lowest BCUT2D eigenvalue weighted by atomic mass is 10.2. The Hall–Kier alpha value is -1.54. The van der Waals surface area contributed by atoms with E-state index in [0.29, 0.717) is 23.8 Å². The van der Waals surface area contributed by atoms with Crippen molar-refractivity contribution >= 4 is 28.5 Å². The summed E-state index contributed by atoms with van der Waals surface area (Å²) in [7, 11) is 0. The van der Waals surface area contributed by atoms with Crippen LogP contribution in [0.4, 0.5) is 5.13 Å². The number of ether oxygens (including phenoxy) is 1. The number of amides is 1. The molecular formula is C9H11N3O4S. The Bertz CT molecular complexity index is 447. The third-order valence-electron chi connectivity index (χ3n) is 2.35. The van der Waals surface area contributed by atoms with Gasteiger partial charge in [0.25, 0.3) is 5.91 Å². The Morgan fingerprint density at radius 1 is 1.47 bits per heavy atom. The number of nitrogens with one attached hydrogen (secondary N) is 1. The maximum atomic E-state index is 11.7. The highest BCUT2D eigenvalue weighted by molar-refractivity contribution is 7.09. The maximum absolute atomic E-state index is 11.7. The second-order valence-corrected chi connectivity index (χ2v) is 4.42. The van der Waals surface area contributed by atoms with Crippen molar-refractivity contribution in [2.75, 3.05) is 5.32 Å². The van der Waals surface area contributed by atoms with Crippen LogP contribution in [0.5, 0.6) is 0 Å². The topological polar surface area (TPSA) is 101 Å². The molecule has 1 aromatic heterocycles. The van der Waals surface area contributed by atoms with Gasteiger partial charge in [-0.1, -0.05) is 0 Å². The number of rotatable bonds is 3. The van der Waals surface area contributed by atoms with Gasteiger partial charge in [0.2, 0.25) is 5.13 Å². The zero-order valence-electron chi connectivity index (χ0n) is 9.04. The van der Waals surface area contributed by atoms with Crippen LogP contribution in [-0.2, 0) is 14.3 Å². The van der Waals surface area contributed by atoms with Crippen molar-refractivity contribution in [3.8, 4) is 0 Å². The van der Waals surface area contributed by atoms with Crippen molar-refractivity contribution in [2.24, 2.45) is 0 Å². The number of hydrogen-bond acceptors (Lipinski definition) is 6. The molecule has 2 atom stereocenters. The molecule has 92 valence electrons. The molecule has 17 heavy (non-hydrogen) atoms. The summed E-state index contributed by atoms with van der Waals surface area (Å²) in [5, 5.41) is 11.7. The SMILES string of the molecule is Cc1nsc(NC(=O)[C@@H]2CC[C@H](C(=O)O)O2)n1. The van der Waals surface area contributed by atoms with Gasteiger partial charge in [-0.15, -0.1) is 0 Å². The number of carbonyl (C=O) groups is 2. The molecule has 7 nitrogen and oxygen atoms in total. The second kappa shape index (κ2) is 4.76. The number of carboxylic acid groups (broad SMARTS) is 1. The number of anilines is 1. The molecule has 1 amide bonds. The Morgan fingerprint density at radius 2 is 2.18 bits per heavy atom. The Balaban J connectivity index is 1.91. The molecule has 0 spiro atoms. The number of carboxylic acids is 1. The van der Waals surface area contributed by atoms with Crippen molar-refractivity contribution in [3.63, 3.8) is 0 Å². The molecule has 1 aliphatic rings. The predicted molar refractivity (Wildman–Crippen MR) is 58.8 cm³/mol. The average Bonchev–Trinajstić information content (AvgIpc) is 2.86. The van der Waals surface area contributed by atoms with Crippen LogP contribution in [0.25, 0.3) is 0 Å². The fourth-order valence-corrected chi connectivity index (χ4v) is 2.12. The first-order chi connectivity index (χ1) is 8.06. The van der Waals surface area contributed by atoms with Gasteiger partial charge < -0.3 is 9.84 Å². The van der Waals surface area contributed by atoms with E-state index in [9.17, 15) is 9.59 Å². The van der Waals surface area contributed by atoms with E-state index in [1.54, 1.807) is 6.92 Å². The summed E-state index contributed by atoms with van der Waals surface area (Å²) in [4.78, 5) is 26.3. The van der Waals surface area contributed by atoms with Crippen LogP contribution in [0, 0.1) is 6.92 Å². The Morgan fingerprint density at radius 3 is 2.71 bits per heavy atom. The van der Waals surface area contributed by atoms with Crippen LogP contribution in [0.15, 0.2) is 0 Å². The molecule has 0 unspecified atom stereocenters. The van der Waals surface area contributed by atoms with Gasteiger partial charge in [-0.05, 0) is 19.8 Å². The summed E-state index contributed by atoms with van der Waals surface area (Å²) >= 11 is 1.08.